The molecular formula is C18H27N3O2S2. The van der Waals surface area contributed by atoms with Crippen molar-refractivity contribution >= 4 is 27.0 Å². The van der Waals surface area contributed by atoms with E-state index in [0.717, 1.165) is 22.5 Å². The highest BCUT2D eigenvalue weighted by Gasteiger charge is 2.21. The number of thiophene rings is 1. The van der Waals surface area contributed by atoms with Gasteiger partial charge in [-0.05, 0) is 50.3 Å². The number of sulfonamides is 1. The molecule has 138 valence electrons. The molecule has 7 heteroatoms. The van der Waals surface area contributed by atoms with E-state index in [2.05, 4.69) is 16.9 Å². The molecule has 25 heavy (non-hydrogen) atoms. The largest absolute Gasteiger partial charge is 0.378 e. The number of anilines is 1. The van der Waals surface area contributed by atoms with E-state index in [1.165, 1.54) is 11.3 Å². The molecule has 1 N–H and O–H groups in total. The smallest absolute Gasteiger partial charge is 0.250 e. The van der Waals surface area contributed by atoms with Gasteiger partial charge in [0.05, 0.1) is 0 Å². The summed E-state index contributed by atoms with van der Waals surface area (Å²) < 4.78 is 28.2. The molecule has 0 radical (unpaired) electrons. The molecule has 0 saturated heterocycles. The first-order valence-corrected chi connectivity index (χ1v) is 10.6. The van der Waals surface area contributed by atoms with Gasteiger partial charge in [-0.15, -0.1) is 11.3 Å². The quantitative estimate of drug-likeness (QED) is 0.764. The SMILES string of the molecule is CCc1ccc(S(=O)(=O)NC[C@@H](c2ccc(N(C)C)cc2)N(C)C)s1. The Morgan fingerprint density at radius 1 is 1.04 bits per heavy atom. The average molecular weight is 382 g/mol. The van der Waals surface area contributed by atoms with Crippen molar-refractivity contribution in [2.24, 2.45) is 0 Å². The Morgan fingerprint density at radius 2 is 1.68 bits per heavy atom. The van der Waals surface area contributed by atoms with Crippen molar-refractivity contribution in [2.75, 3.05) is 39.6 Å². The Bertz CT molecular complexity index is 781. The van der Waals surface area contributed by atoms with E-state index in [1.54, 1.807) is 6.07 Å². The molecule has 5 nitrogen and oxygen atoms in total. The van der Waals surface area contributed by atoms with E-state index in [-0.39, 0.29) is 6.04 Å². The molecule has 0 aliphatic heterocycles. The lowest BCUT2D eigenvalue weighted by molar-refractivity contribution is 0.299. The number of benzene rings is 1. The summed E-state index contributed by atoms with van der Waals surface area (Å²) in [5.41, 5.74) is 2.20. The molecule has 0 saturated carbocycles. The maximum Gasteiger partial charge on any atom is 0.250 e. The van der Waals surface area contributed by atoms with Crippen LogP contribution in [-0.4, -0.2) is 48.1 Å². The maximum atomic E-state index is 12.5. The van der Waals surface area contributed by atoms with Gasteiger partial charge in [-0.25, -0.2) is 13.1 Å². The Labute approximate surface area is 155 Å². The lowest BCUT2D eigenvalue weighted by Gasteiger charge is -2.25. The summed E-state index contributed by atoms with van der Waals surface area (Å²) in [5, 5.41) is 0. The first-order chi connectivity index (χ1) is 11.7. The van der Waals surface area contributed by atoms with Crippen LogP contribution >= 0.6 is 11.3 Å². The first-order valence-electron chi connectivity index (χ1n) is 8.26. The molecule has 1 atom stereocenters. The second kappa shape index (κ2) is 8.31. The summed E-state index contributed by atoms with van der Waals surface area (Å²) in [5.74, 6) is 0. The molecule has 0 aliphatic rings. The van der Waals surface area contributed by atoms with Crippen molar-refractivity contribution in [3.05, 3.63) is 46.8 Å². The van der Waals surface area contributed by atoms with Crippen LogP contribution in [-0.2, 0) is 16.4 Å². The van der Waals surface area contributed by atoms with Crippen LogP contribution in [0.3, 0.4) is 0 Å². The second-order valence-corrected chi connectivity index (χ2v) is 9.55. The molecule has 0 unspecified atom stereocenters. The minimum atomic E-state index is -3.47. The van der Waals surface area contributed by atoms with Gasteiger partial charge in [0, 0.05) is 37.2 Å². The molecule has 0 amide bonds. The topological polar surface area (TPSA) is 52.7 Å². The maximum absolute atomic E-state index is 12.5. The van der Waals surface area contributed by atoms with E-state index in [4.69, 9.17) is 0 Å². The molecule has 1 heterocycles. The Hall–Kier alpha value is -1.41. The average Bonchev–Trinajstić information content (AvgIpc) is 3.05. The van der Waals surface area contributed by atoms with Crippen molar-refractivity contribution in [1.29, 1.82) is 0 Å². The third-order valence-electron chi connectivity index (χ3n) is 4.13. The molecule has 1 aromatic carbocycles. The van der Waals surface area contributed by atoms with E-state index in [1.807, 2.05) is 63.1 Å². The van der Waals surface area contributed by atoms with Gasteiger partial charge >= 0.3 is 0 Å². The van der Waals surface area contributed by atoms with E-state index < -0.39 is 10.0 Å². The molecule has 2 rings (SSSR count). The molecule has 0 aliphatic carbocycles. The fourth-order valence-electron chi connectivity index (χ4n) is 2.55. The fourth-order valence-corrected chi connectivity index (χ4v) is 4.92. The zero-order valence-corrected chi connectivity index (χ0v) is 17.1. The van der Waals surface area contributed by atoms with Crippen LogP contribution in [0.1, 0.15) is 23.4 Å². The van der Waals surface area contributed by atoms with Crippen LogP contribution in [0.5, 0.6) is 0 Å². The standard InChI is InChI=1S/C18H27N3O2S2/c1-6-16-11-12-18(24-16)25(22,23)19-13-17(21(4)5)14-7-9-15(10-8-14)20(2)3/h7-12,17,19H,6,13H2,1-5H3/t17-/m0/s1. The van der Waals surface area contributed by atoms with Crippen LogP contribution in [0.4, 0.5) is 5.69 Å². The monoisotopic (exact) mass is 381 g/mol. The number of hydrogen-bond acceptors (Lipinski definition) is 5. The van der Waals surface area contributed by atoms with Crippen molar-refractivity contribution in [3.8, 4) is 0 Å². The first kappa shape index (κ1) is 19.9. The van der Waals surface area contributed by atoms with Gasteiger partial charge in [-0.3, -0.25) is 0 Å². The summed E-state index contributed by atoms with van der Waals surface area (Å²) in [4.78, 5) is 5.14. The zero-order chi connectivity index (χ0) is 18.6. The molecule has 0 spiro atoms. The number of likely N-dealkylation sites (N-methyl/N-ethyl adjacent to an activating group) is 1. The number of nitrogens with zero attached hydrogens (tertiary/aromatic N) is 2. The lowest BCUT2D eigenvalue weighted by atomic mass is 10.1. The lowest BCUT2D eigenvalue weighted by Crippen LogP contribution is -2.34. The summed E-state index contributed by atoms with van der Waals surface area (Å²) in [6.07, 6.45) is 0.846. The van der Waals surface area contributed by atoms with E-state index in [0.29, 0.717) is 10.8 Å². The Kier molecular flexibility index (Phi) is 6.62. The van der Waals surface area contributed by atoms with Gasteiger partial charge in [0.15, 0.2) is 0 Å². The van der Waals surface area contributed by atoms with Crippen LogP contribution in [0, 0.1) is 0 Å². The summed E-state index contributed by atoms with van der Waals surface area (Å²) >= 11 is 1.33. The highest BCUT2D eigenvalue weighted by Crippen LogP contribution is 2.24. The van der Waals surface area contributed by atoms with Gasteiger partial charge in [0.1, 0.15) is 4.21 Å². The number of rotatable bonds is 8. The van der Waals surface area contributed by atoms with Gasteiger partial charge < -0.3 is 9.80 Å². The fraction of sp³-hybridized carbons (Fsp3) is 0.444. The third-order valence-corrected chi connectivity index (χ3v) is 7.28. The molecular weight excluding hydrogens is 354 g/mol. The predicted molar refractivity (Wildman–Crippen MR) is 106 cm³/mol. The van der Waals surface area contributed by atoms with E-state index in [9.17, 15) is 8.42 Å². The normalized spacial score (nSPS) is 13.2. The van der Waals surface area contributed by atoms with Crippen LogP contribution < -0.4 is 9.62 Å². The highest BCUT2D eigenvalue weighted by atomic mass is 32.2. The highest BCUT2D eigenvalue weighted by molar-refractivity contribution is 7.91. The van der Waals surface area contributed by atoms with Gasteiger partial charge in [0.2, 0.25) is 10.0 Å². The Morgan fingerprint density at radius 3 is 2.16 bits per heavy atom. The third kappa shape index (κ3) is 5.04. The van der Waals surface area contributed by atoms with Gasteiger partial charge in [-0.2, -0.15) is 0 Å². The van der Waals surface area contributed by atoms with Crippen LogP contribution in [0.25, 0.3) is 0 Å². The van der Waals surface area contributed by atoms with E-state index >= 15 is 0 Å². The molecule has 2 aromatic rings. The van der Waals surface area contributed by atoms with Crippen molar-refractivity contribution in [2.45, 2.75) is 23.6 Å². The van der Waals surface area contributed by atoms with Crippen LogP contribution in [0.15, 0.2) is 40.6 Å². The Balaban J connectivity index is 2.13. The number of nitrogens with one attached hydrogen (secondary N) is 1. The zero-order valence-electron chi connectivity index (χ0n) is 15.5. The van der Waals surface area contributed by atoms with Gasteiger partial charge in [0.25, 0.3) is 0 Å². The molecule has 1 aromatic heterocycles. The second-order valence-electron chi connectivity index (χ2n) is 6.39. The van der Waals surface area contributed by atoms with Crippen molar-refractivity contribution in [3.63, 3.8) is 0 Å². The number of aryl methyl sites for hydroxylation is 1. The van der Waals surface area contributed by atoms with Gasteiger partial charge in [-0.1, -0.05) is 19.1 Å². The summed E-state index contributed by atoms with van der Waals surface area (Å²) in [6.45, 7) is 2.35. The minimum absolute atomic E-state index is 0.0309. The minimum Gasteiger partial charge on any atom is -0.378 e. The summed E-state index contributed by atoms with van der Waals surface area (Å²) in [7, 11) is 4.44. The predicted octanol–water partition coefficient (Wildman–Crippen LogP) is 2.96. The molecule has 0 bridgehead atoms. The van der Waals surface area contributed by atoms with Crippen molar-refractivity contribution < 1.29 is 8.42 Å². The van der Waals surface area contributed by atoms with Crippen LogP contribution in [0.2, 0.25) is 0 Å². The van der Waals surface area contributed by atoms with Crippen molar-refractivity contribution in [1.82, 2.24) is 9.62 Å². The molecule has 0 fully saturated rings. The summed E-state index contributed by atoms with van der Waals surface area (Å²) in [6, 6.07) is 11.7. The number of hydrogen-bond donors (Lipinski definition) is 1.